The van der Waals surface area contributed by atoms with Crippen LogP contribution < -0.4 is 10.1 Å². The minimum Gasteiger partial charge on any atom is -0.492 e. The molecule has 1 aromatic heterocycles. The molecule has 0 atom stereocenters. The van der Waals surface area contributed by atoms with E-state index in [0.29, 0.717) is 18.2 Å². The molecule has 2 N–H and O–H groups in total. The van der Waals surface area contributed by atoms with Gasteiger partial charge in [-0.05, 0) is 25.1 Å². The highest BCUT2D eigenvalue weighted by molar-refractivity contribution is 5.58. The van der Waals surface area contributed by atoms with Crippen molar-refractivity contribution < 1.29 is 17.9 Å². The van der Waals surface area contributed by atoms with E-state index in [2.05, 4.69) is 15.3 Å². The number of nitrogens with one attached hydrogen (secondary N) is 2. The van der Waals surface area contributed by atoms with Gasteiger partial charge in [0.25, 0.3) is 0 Å². The van der Waals surface area contributed by atoms with Crippen LogP contribution in [0.1, 0.15) is 18.3 Å². The third kappa shape index (κ3) is 3.43. The van der Waals surface area contributed by atoms with Crippen LogP contribution in [0.15, 0.2) is 30.6 Å². The summed E-state index contributed by atoms with van der Waals surface area (Å²) in [7, 11) is 0. The fourth-order valence-corrected chi connectivity index (χ4v) is 1.70. The van der Waals surface area contributed by atoms with Crippen molar-refractivity contribution in [2.24, 2.45) is 0 Å². The summed E-state index contributed by atoms with van der Waals surface area (Å²) < 4.78 is 43.4. The van der Waals surface area contributed by atoms with E-state index in [1.54, 1.807) is 19.3 Å². The molecule has 20 heavy (non-hydrogen) atoms. The van der Waals surface area contributed by atoms with E-state index >= 15 is 0 Å². The first-order chi connectivity index (χ1) is 9.50. The van der Waals surface area contributed by atoms with E-state index in [9.17, 15) is 13.2 Å². The number of aromatic amines is 1. The van der Waals surface area contributed by atoms with E-state index in [1.165, 1.54) is 6.07 Å². The Balaban J connectivity index is 2.22. The van der Waals surface area contributed by atoms with Crippen LogP contribution in [-0.4, -0.2) is 16.6 Å². The zero-order valence-corrected chi connectivity index (χ0v) is 10.8. The topological polar surface area (TPSA) is 49.9 Å². The number of hydrogen-bond donors (Lipinski definition) is 2. The van der Waals surface area contributed by atoms with Gasteiger partial charge in [0.2, 0.25) is 0 Å². The summed E-state index contributed by atoms with van der Waals surface area (Å²) in [4.78, 5) is 6.86. The average Bonchev–Trinajstić information content (AvgIpc) is 2.89. The molecule has 108 valence electrons. The summed E-state index contributed by atoms with van der Waals surface area (Å²) in [5, 5.41) is 2.89. The molecule has 0 saturated carbocycles. The summed E-state index contributed by atoms with van der Waals surface area (Å²) >= 11 is 0. The van der Waals surface area contributed by atoms with Gasteiger partial charge < -0.3 is 15.0 Å². The Kier molecular flexibility index (Phi) is 4.16. The van der Waals surface area contributed by atoms with Crippen LogP contribution in [0.2, 0.25) is 0 Å². The van der Waals surface area contributed by atoms with Crippen molar-refractivity contribution in [2.45, 2.75) is 19.6 Å². The van der Waals surface area contributed by atoms with Crippen molar-refractivity contribution in [2.75, 3.05) is 11.9 Å². The zero-order chi connectivity index (χ0) is 14.6. The molecule has 7 heteroatoms. The Morgan fingerprint density at radius 1 is 1.35 bits per heavy atom. The lowest BCUT2D eigenvalue weighted by molar-refractivity contribution is -0.137. The molecule has 1 heterocycles. The molecule has 0 aliphatic heterocycles. The maximum absolute atomic E-state index is 12.7. The van der Waals surface area contributed by atoms with E-state index in [1.807, 2.05) is 0 Å². The highest BCUT2D eigenvalue weighted by atomic mass is 19.4. The van der Waals surface area contributed by atoms with Crippen LogP contribution >= 0.6 is 0 Å². The number of halogens is 3. The molecule has 0 spiro atoms. The average molecular weight is 285 g/mol. The number of aromatic nitrogens is 2. The zero-order valence-electron chi connectivity index (χ0n) is 10.8. The first kappa shape index (κ1) is 14.2. The van der Waals surface area contributed by atoms with Crippen LogP contribution in [0.4, 0.5) is 18.9 Å². The standard InChI is InChI=1S/C13H14F3N3O/c1-2-20-11-4-3-9(13(14,15)16)7-10(11)19-8-12-17-5-6-18-12/h3-7,19H,2,8H2,1H3,(H,17,18). The number of alkyl halides is 3. The number of hydrogen-bond acceptors (Lipinski definition) is 3. The van der Waals surface area contributed by atoms with E-state index in [-0.39, 0.29) is 12.2 Å². The van der Waals surface area contributed by atoms with Crippen LogP contribution in [0, 0.1) is 0 Å². The summed E-state index contributed by atoms with van der Waals surface area (Å²) in [5.74, 6) is 1.01. The molecule has 0 saturated heterocycles. The molecule has 2 rings (SSSR count). The third-order valence-corrected chi connectivity index (χ3v) is 2.61. The van der Waals surface area contributed by atoms with Gasteiger partial charge in [-0.25, -0.2) is 4.98 Å². The SMILES string of the molecule is CCOc1ccc(C(F)(F)F)cc1NCc1ncc[nH]1. The van der Waals surface area contributed by atoms with Gasteiger partial charge in [0, 0.05) is 12.4 Å². The Bertz CT molecular complexity index is 552. The van der Waals surface area contributed by atoms with Crippen molar-refractivity contribution >= 4 is 5.69 Å². The molecule has 0 amide bonds. The first-order valence-corrected chi connectivity index (χ1v) is 6.07. The van der Waals surface area contributed by atoms with E-state index in [0.717, 1.165) is 12.1 Å². The van der Waals surface area contributed by atoms with Crippen LogP contribution in [0.5, 0.6) is 5.75 Å². The second-order valence-corrected chi connectivity index (χ2v) is 4.03. The molecule has 4 nitrogen and oxygen atoms in total. The van der Waals surface area contributed by atoms with Crippen molar-refractivity contribution in [3.05, 3.63) is 42.0 Å². The molecule has 0 unspecified atom stereocenters. The predicted molar refractivity (Wildman–Crippen MR) is 68.5 cm³/mol. The Morgan fingerprint density at radius 2 is 2.15 bits per heavy atom. The molecule has 0 fully saturated rings. The van der Waals surface area contributed by atoms with Crippen LogP contribution in [0.3, 0.4) is 0 Å². The highest BCUT2D eigenvalue weighted by Crippen LogP contribution is 2.35. The summed E-state index contributed by atoms with van der Waals surface area (Å²) in [6.07, 6.45) is -1.16. The maximum Gasteiger partial charge on any atom is 0.416 e. The first-order valence-electron chi connectivity index (χ1n) is 6.07. The monoisotopic (exact) mass is 285 g/mol. The van der Waals surface area contributed by atoms with Gasteiger partial charge in [0.1, 0.15) is 11.6 Å². The van der Waals surface area contributed by atoms with E-state index in [4.69, 9.17) is 4.74 Å². The Hall–Kier alpha value is -2.18. The van der Waals surface area contributed by atoms with Gasteiger partial charge in [0.05, 0.1) is 24.4 Å². The van der Waals surface area contributed by atoms with E-state index < -0.39 is 11.7 Å². The summed E-state index contributed by atoms with van der Waals surface area (Å²) in [5.41, 5.74) is -0.430. The van der Waals surface area contributed by atoms with Gasteiger partial charge in [-0.3, -0.25) is 0 Å². The number of rotatable bonds is 5. The lowest BCUT2D eigenvalue weighted by Crippen LogP contribution is -2.08. The number of ether oxygens (including phenoxy) is 1. The largest absolute Gasteiger partial charge is 0.492 e. The number of imidazole rings is 1. The molecule has 0 aliphatic carbocycles. The second kappa shape index (κ2) is 5.85. The quantitative estimate of drug-likeness (QED) is 0.884. The fraction of sp³-hybridized carbons (Fsp3) is 0.308. The van der Waals surface area contributed by atoms with Gasteiger partial charge in [-0.2, -0.15) is 13.2 Å². The van der Waals surface area contributed by atoms with Crippen molar-refractivity contribution in [3.63, 3.8) is 0 Å². The molecule has 2 aromatic rings. The maximum atomic E-state index is 12.7. The molecule has 0 bridgehead atoms. The molecular weight excluding hydrogens is 271 g/mol. The van der Waals surface area contributed by atoms with Gasteiger partial charge in [0.15, 0.2) is 0 Å². The van der Waals surface area contributed by atoms with Crippen molar-refractivity contribution in [3.8, 4) is 5.75 Å². The Morgan fingerprint density at radius 3 is 2.75 bits per heavy atom. The van der Waals surface area contributed by atoms with Gasteiger partial charge in [-0.15, -0.1) is 0 Å². The number of nitrogens with zero attached hydrogens (tertiary/aromatic N) is 1. The van der Waals surface area contributed by atoms with Crippen LogP contribution in [0.25, 0.3) is 0 Å². The van der Waals surface area contributed by atoms with Crippen molar-refractivity contribution in [1.29, 1.82) is 0 Å². The van der Waals surface area contributed by atoms with Gasteiger partial charge >= 0.3 is 6.18 Å². The number of anilines is 1. The molecule has 0 aliphatic rings. The number of H-pyrrole nitrogens is 1. The molecular formula is C13H14F3N3O. The minimum atomic E-state index is -4.38. The predicted octanol–water partition coefficient (Wildman–Crippen LogP) is 3.44. The van der Waals surface area contributed by atoms with Crippen molar-refractivity contribution in [1.82, 2.24) is 9.97 Å². The minimum absolute atomic E-state index is 0.286. The molecule has 0 radical (unpaired) electrons. The smallest absolute Gasteiger partial charge is 0.416 e. The normalized spacial score (nSPS) is 11.4. The Labute approximate surface area is 114 Å². The third-order valence-electron chi connectivity index (χ3n) is 2.61. The van der Waals surface area contributed by atoms with Gasteiger partial charge in [-0.1, -0.05) is 0 Å². The van der Waals surface area contributed by atoms with Crippen LogP contribution in [-0.2, 0) is 12.7 Å². The molecule has 1 aromatic carbocycles. The lowest BCUT2D eigenvalue weighted by atomic mass is 10.1. The summed E-state index contributed by atoms with van der Waals surface area (Å²) in [6, 6.07) is 3.35. The highest BCUT2D eigenvalue weighted by Gasteiger charge is 2.31. The summed E-state index contributed by atoms with van der Waals surface area (Å²) in [6.45, 7) is 2.43. The number of benzene rings is 1. The fourth-order valence-electron chi connectivity index (χ4n) is 1.70. The second-order valence-electron chi connectivity index (χ2n) is 4.03. The lowest BCUT2D eigenvalue weighted by Gasteiger charge is -2.14.